The minimum absolute atomic E-state index is 0. The zero-order valence-electron chi connectivity index (χ0n) is 27.4. The maximum Gasteiger partial charge on any atom is 0.251 e. The molecule has 4 aromatic rings. The molecule has 6 rings (SSSR count). The third-order valence-electron chi connectivity index (χ3n) is 9.47. The van der Waals surface area contributed by atoms with Gasteiger partial charge in [0.1, 0.15) is 6.04 Å². The highest BCUT2D eigenvalue weighted by molar-refractivity contribution is 5.98. The quantitative estimate of drug-likeness (QED) is 0.138. The molecule has 0 unspecified atom stereocenters. The van der Waals surface area contributed by atoms with Gasteiger partial charge in [0.25, 0.3) is 5.91 Å². The van der Waals surface area contributed by atoms with Gasteiger partial charge in [-0.1, -0.05) is 36.4 Å². The third-order valence-corrected chi connectivity index (χ3v) is 9.47. The van der Waals surface area contributed by atoms with Crippen LogP contribution in [0.15, 0.2) is 72.8 Å². The van der Waals surface area contributed by atoms with Gasteiger partial charge in [-0.2, -0.15) is 5.21 Å². The van der Waals surface area contributed by atoms with Crippen LogP contribution in [0, 0.1) is 11.8 Å². The van der Waals surface area contributed by atoms with Crippen molar-refractivity contribution >= 4 is 35.8 Å². The number of piperidine rings is 1. The molecule has 0 bridgehead atoms. The van der Waals surface area contributed by atoms with Crippen molar-refractivity contribution in [3.05, 3.63) is 83.9 Å². The largest absolute Gasteiger partial charge is 0.349 e. The molecule has 2 heterocycles. The normalized spacial score (nSPS) is 18.5. The van der Waals surface area contributed by atoms with E-state index >= 15 is 0 Å². The van der Waals surface area contributed by atoms with Crippen LogP contribution in [0.3, 0.4) is 0 Å². The number of carbonyl (C=O) groups excluding carboxylic acids is 3. The lowest BCUT2D eigenvalue weighted by molar-refractivity contribution is -0.130. The minimum atomic E-state index is -0.783. The SMILES string of the molecule is Cl.NC[C@H]1CC[C@H](C(=O)N[C@@H](Cc2ccc(-c3cccc(C(=O)NC4CCNCC4)c3)cc2)C(=O)Nc2ccc(-c3nn[nH]n3)cc2)CC1. The predicted octanol–water partition coefficient (Wildman–Crippen LogP) is 3.87. The Morgan fingerprint density at radius 2 is 1.57 bits per heavy atom. The Morgan fingerprint density at radius 3 is 2.24 bits per heavy atom. The predicted molar refractivity (Wildman–Crippen MR) is 191 cm³/mol. The minimum Gasteiger partial charge on any atom is -0.349 e. The number of H-pyrrole nitrogens is 1. The molecular weight excluding hydrogens is 642 g/mol. The molecule has 13 heteroatoms. The number of nitrogens with zero attached hydrogens (tertiary/aromatic N) is 3. The summed E-state index contributed by atoms with van der Waals surface area (Å²) in [5.41, 5.74) is 10.6. The number of anilines is 1. The highest BCUT2D eigenvalue weighted by Gasteiger charge is 2.29. The molecular formula is C36H44ClN9O3. The standard InChI is InChI=1S/C36H43N9O3.ClH/c37-22-24-6-10-27(11-7-24)34(46)41-32(36(48)40-30-14-12-26(13-15-30)33-42-44-45-43-33)20-23-4-8-25(9-5-23)28-2-1-3-29(21-28)35(47)39-31-16-18-38-19-17-31;/h1-5,8-9,12-15,21,24,27,31-32,38H,6-7,10-11,16-20,22,37H2,(H,39,47)(H,40,48)(H,41,46)(H,42,43,44,45);1H/t24-,27-,32-;/m0./s1. The van der Waals surface area contributed by atoms with Crippen molar-refractivity contribution in [1.82, 2.24) is 36.6 Å². The Labute approximate surface area is 292 Å². The fraction of sp³-hybridized carbons (Fsp3) is 0.389. The van der Waals surface area contributed by atoms with Gasteiger partial charge in [-0.25, -0.2) is 0 Å². The summed E-state index contributed by atoms with van der Waals surface area (Å²) in [6.07, 6.45) is 5.54. The average molecular weight is 686 g/mol. The van der Waals surface area contributed by atoms with Gasteiger partial charge in [0.2, 0.25) is 17.6 Å². The number of hydrogen-bond acceptors (Lipinski definition) is 8. The summed E-state index contributed by atoms with van der Waals surface area (Å²) in [4.78, 5) is 40.0. The van der Waals surface area contributed by atoms with E-state index in [-0.39, 0.29) is 42.1 Å². The molecule has 3 amide bonds. The van der Waals surface area contributed by atoms with Crippen LogP contribution in [0.1, 0.15) is 54.4 Å². The summed E-state index contributed by atoms with van der Waals surface area (Å²) in [5, 5.41) is 26.5. The number of benzene rings is 3. The van der Waals surface area contributed by atoms with E-state index in [1.807, 2.05) is 48.5 Å². The van der Waals surface area contributed by atoms with Crippen LogP contribution < -0.4 is 27.0 Å². The van der Waals surface area contributed by atoms with Crippen molar-refractivity contribution in [2.75, 3.05) is 25.0 Å². The zero-order valence-corrected chi connectivity index (χ0v) is 28.2. The monoisotopic (exact) mass is 685 g/mol. The number of amides is 3. The van der Waals surface area contributed by atoms with Gasteiger partial charge in [-0.15, -0.1) is 22.6 Å². The smallest absolute Gasteiger partial charge is 0.251 e. The second kappa shape index (κ2) is 17.1. The van der Waals surface area contributed by atoms with Crippen molar-refractivity contribution in [1.29, 1.82) is 0 Å². The van der Waals surface area contributed by atoms with Gasteiger partial charge in [0.15, 0.2) is 0 Å². The molecule has 0 spiro atoms. The Morgan fingerprint density at radius 1 is 0.857 bits per heavy atom. The second-order valence-electron chi connectivity index (χ2n) is 12.8. The van der Waals surface area contributed by atoms with E-state index in [0.29, 0.717) is 36.0 Å². The maximum atomic E-state index is 13.7. The van der Waals surface area contributed by atoms with E-state index in [2.05, 4.69) is 41.9 Å². The van der Waals surface area contributed by atoms with Crippen molar-refractivity contribution in [2.24, 2.45) is 17.6 Å². The fourth-order valence-corrected chi connectivity index (χ4v) is 6.52. The molecule has 1 aliphatic heterocycles. The average Bonchev–Trinajstić information content (AvgIpc) is 3.68. The van der Waals surface area contributed by atoms with Crippen LogP contribution in [0.5, 0.6) is 0 Å². The Kier molecular flexibility index (Phi) is 12.5. The molecule has 1 atom stereocenters. The second-order valence-corrected chi connectivity index (χ2v) is 12.8. The number of nitrogens with one attached hydrogen (secondary N) is 5. The summed E-state index contributed by atoms with van der Waals surface area (Å²) in [5.74, 6) is 0.298. The molecule has 3 aromatic carbocycles. The van der Waals surface area contributed by atoms with E-state index in [1.165, 1.54) is 0 Å². The van der Waals surface area contributed by atoms with Crippen molar-refractivity contribution in [3.8, 4) is 22.5 Å². The lowest BCUT2D eigenvalue weighted by Gasteiger charge is -2.28. The van der Waals surface area contributed by atoms with Gasteiger partial charge in [-0.3, -0.25) is 14.4 Å². The third kappa shape index (κ3) is 9.50. The van der Waals surface area contributed by atoms with Gasteiger partial charge in [0.05, 0.1) is 0 Å². The van der Waals surface area contributed by atoms with Crippen molar-refractivity contribution in [3.63, 3.8) is 0 Å². The molecule has 12 nitrogen and oxygen atoms in total. The summed E-state index contributed by atoms with van der Waals surface area (Å²) in [6, 6.07) is 22.1. The Balaban J connectivity index is 0.00000468. The number of aromatic nitrogens is 4. The number of aromatic amines is 1. The number of nitrogens with two attached hydrogens (primary N) is 1. The van der Waals surface area contributed by atoms with Gasteiger partial charge in [0, 0.05) is 35.2 Å². The fourth-order valence-electron chi connectivity index (χ4n) is 6.52. The summed E-state index contributed by atoms with van der Waals surface area (Å²) >= 11 is 0. The molecule has 258 valence electrons. The van der Waals surface area contributed by atoms with Crippen LogP contribution in [-0.2, 0) is 16.0 Å². The molecule has 0 radical (unpaired) electrons. The van der Waals surface area contributed by atoms with Crippen molar-refractivity contribution in [2.45, 2.75) is 57.0 Å². The molecule has 2 fully saturated rings. The van der Waals surface area contributed by atoms with Crippen LogP contribution in [0.2, 0.25) is 0 Å². The molecule has 1 saturated heterocycles. The zero-order chi connectivity index (χ0) is 33.3. The topological polar surface area (TPSA) is 180 Å². The van der Waals surface area contributed by atoms with Crippen molar-refractivity contribution < 1.29 is 14.4 Å². The first-order valence-corrected chi connectivity index (χ1v) is 16.8. The molecule has 1 aromatic heterocycles. The summed E-state index contributed by atoms with van der Waals surface area (Å²) in [6.45, 7) is 2.46. The number of halogens is 1. The Hall–Kier alpha value is -4.65. The molecule has 49 heavy (non-hydrogen) atoms. The lowest BCUT2D eigenvalue weighted by atomic mass is 9.81. The van der Waals surface area contributed by atoms with Gasteiger partial charge in [-0.05, 0) is 122 Å². The van der Waals surface area contributed by atoms with E-state index < -0.39 is 6.04 Å². The number of rotatable bonds is 11. The lowest BCUT2D eigenvalue weighted by Crippen LogP contribution is -2.48. The first kappa shape index (κ1) is 35.7. The van der Waals surface area contributed by atoms with E-state index in [4.69, 9.17) is 5.73 Å². The Bertz CT molecular complexity index is 1670. The number of hydrogen-bond donors (Lipinski definition) is 6. The van der Waals surface area contributed by atoms with E-state index in [1.54, 1.807) is 24.3 Å². The highest BCUT2D eigenvalue weighted by Crippen LogP contribution is 2.29. The van der Waals surface area contributed by atoms with Gasteiger partial charge >= 0.3 is 0 Å². The van der Waals surface area contributed by atoms with Crippen LogP contribution in [0.4, 0.5) is 5.69 Å². The summed E-state index contributed by atoms with van der Waals surface area (Å²) in [7, 11) is 0. The number of carbonyl (C=O) groups is 3. The first-order chi connectivity index (χ1) is 23.4. The summed E-state index contributed by atoms with van der Waals surface area (Å²) < 4.78 is 0. The molecule has 7 N–H and O–H groups in total. The highest BCUT2D eigenvalue weighted by atomic mass is 35.5. The maximum absolute atomic E-state index is 13.7. The van der Waals surface area contributed by atoms with E-state index in [0.717, 1.165) is 73.9 Å². The van der Waals surface area contributed by atoms with E-state index in [9.17, 15) is 14.4 Å². The van der Waals surface area contributed by atoms with Crippen LogP contribution in [-0.4, -0.2) is 70.1 Å². The number of tetrazole rings is 1. The van der Waals surface area contributed by atoms with Crippen LogP contribution >= 0.6 is 12.4 Å². The molecule has 2 aliphatic rings. The molecule has 1 aliphatic carbocycles. The van der Waals surface area contributed by atoms with Gasteiger partial charge < -0.3 is 27.0 Å². The molecule has 1 saturated carbocycles. The van der Waals surface area contributed by atoms with Crippen LogP contribution in [0.25, 0.3) is 22.5 Å². The first-order valence-electron chi connectivity index (χ1n) is 16.8.